The van der Waals surface area contributed by atoms with E-state index in [0.717, 1.165) is 42.1 Å². The van der Waals surface area contributed by atoms with E-state index in [0.29, 0.717) is 23.9 Å². The minimum atomic E-state index is 0.323. The van der Waals surface area contributed by atoms with Crippen LogP contribution in [0.25, 0.3) is 0 Å². The molecular formula is C19H28N4O2S. The highest BCUT2D eigenvalue weighted by atomic mass is 32.1. The predicted octanol–water partition coefficient (Wildman–Crippen LogP) is 4.91. The Bertz CT molecular complexity index is 778. The lowest BCUT2D eigenvalue weighted by Crippen LogP contribution is -2.05. The summed E-state index contributed by atoms with van der Waals surface area (Å²) in [6, 6.07) is 5.80. The molecule has 142 valence electrons. The van der Waals surface area contributed by atoms with E-state index < -0.39 is 0 Å². The number of rotatable bonds is 10. The highest BCUT2D eigenvalue weighted by Crippen LogP contribution is 2.28. The maximum absolute atomic E-state index is 5.74. The highest BCUT2D eigenvalue weighted by molar-refractivity contribution is 7.71. The van der Waals surface area contributed by atoms with Gasteiger partial charge in [-0.2, -0.15) is 14.9 Å². The lowest BCUT2D eigenvalue weighted by molar-refractivity contribution is 0.277. The number of benzene rings is 1. The Kier molecular flexibility index (Phi) is 7.84. The van der Waals surface area contributed by atoms with E-state index in [1.165, 1.54) is 0 Å². The van der Waals surface area contributed by atoms with Crippen LogP contribution >= 0.6 is 12.2 Å². The number of aromatic nitrogens is 3. The zero-order valence-corrected chi connectivity index (χ0v) is 16.8. The molecule has 0 aliphatic heterocycles. The van der Waals surface area contributed by atoms with Gasteiger partial charge in [-0.1, -0.05) is 20.8 Å². The van der Waals surface area contributed by atoms with Gasteiger partial charge < -0.3 is 9.47 Å². The molecule has 0 aliphatic carbocycles. The van der Waals surface area contributed by atoms with E-state index in [-0.39, 0.29) is 0 Å². The average molecular weight is 377 g/mol. The molecule has 0 bridgehead atoms. The number of nitrogens with one attached hydrogen (secondary N) is 1. The van der Waals surface area contributed by atoms with Crippen molar-refractivity contribution in [2.45, 2.75) is 52.9 Å². The maximum atomic E-state index is 5.74. The van der Waals surface area contributed by atoms with Crippen LogP contribution in [0.15, 0.2) is 23.3 Å². The molecule has 6 nitrogen and oxygen atoms in total. The van der Waals surface area contributed by atoms with Crippen LogP contribution in [0.1, 0.15) is 64.3 Å². The van der Waals surface area contributed by atoms with Crippen LogP contribution in [0.3, 0.4) is 0 Å². The summed E-state index contributed by atoms with van der Waals surface area (Å²) >= 11 is 5.33. The third kappa shape index (κ3) is 4.94. The van der Waals surface area contributed by atoms with E-state index in [1.54, 1.807) is 10.9 Å². The van der Waals surface area contributed by atoms with Gasteiger partial charge in [0.2, 0.25) is 4.77 Å². The van der Waals surface area contributed by atoms with Crippen LogP contribution in [0.5, 0.6) is 11.5 Å². The Balaban J connectivity index is 2.29. The van der Waals surface area contributed by atoms with Gasteiger partial charge in [-0.25, -0.2) is 0 Å². The molecule has 0 saturated heterocycles. The summed E-state index contributed by atoms with van der Waals surface area (Å²) in [7, 11) is 0. The molecule has 0 amide bonds. The second-order valence-corrected chi connectivity index (χ2v) is 6.33. The summed E-state index contributed by atoms with van der Waals surface area (Å²) in [5.74, 6) is 2.66. The van der Waals surface area contributed by atoms with Crippen molar-refractivity contribution in [3.8, 4) is 11.5 Å². The van der Waals surface area contributed by atoms with Crippen molar-refractivity contribution in [3.05, 3.63) is 34.4 Å². The first-order chi connectivity index (χ1) is 12.6. The maximum Gasteiger partial charge on any atom is 0.216 e. The highest BCUT2D eigenvalue weighted by Gasteiger charge is 2.15. The molecule has 1 aromatic carbocycles. The standard InChI is InChI=1S/C19H28N4O2S/c1-5-11-25-16-10-9-14(12-17(16)24-8-4)13-20-23-18(15(6-2)7-3)21-22-19(23)26/h9-10,12-13,15H,5-8,11H2,1-4H3,(H,22,26)/b20-13-. The van der Waals surface area contributed by atoms with E-state index in [1.807, 2.05) is 25.1 Å². The Labute approximate surface area is 160 Å². The molecule has 0 saturated carbocycles. The van der Waals surface area contributed by atoms with E-state index >= 15 is 0 Å². The van der Waals surface area contributed by atoms with Crippen LogP contribution < -0.4 is 9.47 Å². The lowest BCUT2D eigenvalue weighted by atomic mass is 10.0. The van der Waals surface area contributed by atoms with Gasteiger partial charge in [0, 0.05) is 5.92 Å². The van der Waals surface area contributed by atoms with Gasteiger partial charge in [0.25, 0.3) is 0 Å². The summed E-state index contributed by atoms with van der Waals surface area (Å²) in [4.78, 5) is 0. The zero-order valence-electron chi connectivity index (χ0n) is 16.0. The minimum Gasteiger partial charge on any atom is -0.490 e. The summed E-state index contributed by atoms with van der Waals surface area (Å²) in [6.45, 7) is 9.56. The van der Waals surface area contributed by atoms with Gasteiger partial charge in [-0.3, -0.25) is 5.10 Å². The van der Waals surface area contributed by atoms with Crippen molar-refractivity contribution in [2.75, 3.05) is 13.2 Å². The zero-order chi connectivity index (χ0) is 18.9. The number of ether oxygens (including phenoxy) is 2. The quantitative estimate of drug-likeness (QED) is 0.472. The van der Waals surface area contributed by atoms with Gasteiger partial charge >= 0.3 is 0 Å². The normalized spacial score (nSPS) is 11.4. The van der Waals surface area contributed by atoms with E-state index in [9.17, 15) is 0 Å². The number of aromatic amines is 1. The molecule has 0 spiro atoms. The van der Waals surface area contributed by atoms with Crippen molar-refractivity contribution in [3.63, 3.8) is 0 Å². The fraction of sp³-hybridized carbons (Fsp3) is 0.526. The van der Waals surface area contributed by atoms with Crippen LogP contribution in [0.4, 0.5) is 0 Å². The number of H-pyrrole nitrogens is 1. The summed E-state index contributed by atoms with van der Waals surface area (Å²) in [6.07, 6.45) is 4.70. The fourth-order valence-corrected chi connectivity index (χ4v) is 2.85. The minimum absolute atomic E-state index is 0.323. The molecule has 1 heterocycles. The van der Waals surface area contributed by atoms with Crippen LogP contribution in [-0.4, -0.2) is 34.3 Å². The van der Waals surface area contributed by atoms with Gasteiger partial charge in [-0.15, -0.1) is 0 Å². The van der Waals surface area contributed by atoms with Crippen LogP contribution in [0.2, 0.25) is 0 Å². The fourth-order valence-electron chi connectivity index (χ4n) is 2.66. The third-order valence-electron chi connectivity index (χ3n) is 4.08. The van der Waals surface area contributed by atoms with E-state index in [4.69, 9.17) is 21.7 Å². The number of hydrogen-bond acceptors (Lipinski definition) is 5. The molecular weight excluding hydrogens is 348 g/mol. The van der Waals surface area contributed by atoms with Crippen molar-refractivity contribution in [1.82, 2.24) is 14.9 Å². The summed E-state index contributed by atoms with van der Waals surface area (Å²) in [5, 5.41) is 11.7. The topological polar surface area (TPSA) is 64.4 Å². The van der Waals surface area contributed by atoms with Crippen molar-refractivity contribution in [1.29, 1.82) is 0 Å². The molecule has 2 aromatic rings. The molecule has 7 heteroatoms. The molecule has 0 unspecified atom stereocenters. The molecule has 0 radical (unpaired) electrons. The van der Waals surface area contributed by atoms with Crippen molar-refractivity contribution >= 4 is 18.4 Å². The first-order valence-corrected chi connectivity index (χ1v) is 9.66. The van der Waals surface area contributed by atoms with Gasteiger partial charge in [0.1, 0.15) is 0 Å². The molecule has 0 fully saturated rings. The summed E-state index contributed by atoms with van der Waals surface area (Å²) < 4.78 is 13.6. The number of nitrogens with zero attached hydrogens (tertiary/aromatic N) is 3. The molecule has 0 aliphatic rings. The summed E-state index contributed by atoms with van der Waals surface area (Å²) in [5.41, 5.74) is 0.913. The van der Waals surface area contributed by atoms with Crippen molar-refractivity contribution < 1.29 is 9.47 Å². The molecule has 0 atom stereocenters. The SMILES string of the molecule is CCCOc1ccc(/C=N\n2c(C(CC)CC)n[nH]c2=S)cc1OCC. The van der Waals surface area contributed by atoms with Crippen LogP contribution in [-0.2, 0) is 0 Å². The second kappa shape index (κ2) is 10.1. The Morgan fingerprint density at radius 2 is 1.96 bits per heavy atom. The lowest BCUT2D eigenvalue weighted by Gasteiger charge is -2.12. The van der Waals surface area contributed by atoms with Gasteiger partial charge in [-0.05, 0) is 62.2 Å². The first kappa shape index (κ1) is 20.2. The monoisotopic (exact) mass is 376 g/mol. The Morgan fingerprint density at radius 1 is 1.19 bits per heavy atom. The van der Waals surface area contributed by atoms with Gasteiger partial charge in [0.15, 0.2) is 17.3 Å². The molecule has 1 N–H and O–H groups in total. The Morgan fingerprint density at radius 3 is 2.62 bits per heavy atom. The third-order valence-corrected chi connectivity index (χ3v) is 4.34. The average Bonchev–Trinajstić information content (AvgIpc) is 3.01. The first-order valence-electron chi connectivity index (χ1n) is 9.25. The second-order valence-electron chi connectivity index (χ2n) is 5.94. The molecule has 26 heavy (non-hydrogen) atoms. The van der Waals surface area contributed by atoms with Gasteiger partial charge in [0.05, 0.1) is 19.4 Å². The predicted molar refractivity (Wildman–Crippen MR) is 107 cm³/mol. The Hall–Kier alpha value is -2.15. The molecule has 1 aromatic heterocycles. The van der Waals surface area contributed by atoms with Crippen LogP contribution in [0, 0.1) is 4.77 Å². The van der Waals surface area contributed by atoms with E-state index in [2.05, 4.69) is 36.1 Å². The number of hydrogen-bond donors (Lipinski definition) is 1. The van der Waals surface area contributed by atoms with Crippen molar-refractivity contribution in [2.24, 2.45) is 5.10 Å². The largest absolute Gasteiger partial charge is 0.490 e. The smallest absolute Gasteiger partial charge is 0.216 e. The molecule has 2 rings (SSSR count).